The molecule has 0 spiro atoms. The highest BCUT2D eigenvalue weighted by Crippen LogP contribution is 2.35. The van der Waals surface area contributed by atoms with E-state index < -0.39 is 16.7 Å². The molecule has 3 aromatic carbocycles. The Hall–Kier alpha value is -4.39. The van der Waals surface area contributed by atoms with E-state index in [0.29, 0.717) is 11.3 Å². The highest BCUT2D eigenvalue weighted by atomic mass is 35.5. The summed E-state index contributed by atoms with van der Waals surface area (Å²) in [5.74, 6) is -1.13. The van der Waals surface area contributed by atoms with Crippen LogP contribution in [0, 0.1) is 28.4 Å². The number of nitro groups is 1. The molecule has 3 aromatic rings. The van der Waals surface area contributed by atoms with E-state index in [2.05, 4.69) is 10.6 Å². The van der Waals surface area contributed by atoms with Gasteiger partial charge in [0.2, 0.25) is 0 Å². The Morgan fingerprint density at radius 2 is 1.78 bits per heavy atom. The molecule has 0 aromatic heterocycles. The quantitative estimate of drug-likeness (QED) is 0.166. The Balaban J connectivity index is 1.71. The molecule has 182 valence electrons. The van der Waals surface area contributed by atoms with Crippen LogP contribution in [-0.2, 0) is 9.59 Å². The van der Waals surface area contributed by atoms with Crippen LogP contribution in [0.4, 0.5) is 17.1 Å². The lowest BCUT2D eigenvalue weighted by molar-refractivity contribution is -0.384. The van der Waals surface area contributed by atoms with Gasteiger partial charge < -0.3 is 15.4 Å². The van der Waals surface area contributed by atoms with E-state index in [0.717, 1.165) is 5.56 Å². The van der Waals surface area contributed by atoms with Gasteiger partial charge >= 0.3 is 0 Å². The highest BCUT2D eigenvalue weighted by Gasteiger charge is 2.15. The number of ether oxygens (including phenoxy) is 1. The van der Waals surface area contributed by atoms with Crippen molar-refractivity contribution >= 4 is 58.2 Å². The number of hydrogen-bond acceptors (Lipinski definition) is 6. The van der Waals surface area contributed by atoms with Crippen LogP contribution >= 0.6 is 23.2 Å². The first-order chi connectivity index (χ1) is 17.2. The summed E-state index contributed by atoms with van der Waals surface area (Å²) < 4.78 is 5.49. The number of nitrogens with one attached hydrogen (secondary N) is 2. The molecule has 36 heavy (non-hydrogen) atoms. The second-order valence-electron chi connectivity index (χ2n) is 7.40. The van der Waals surface area contributed by atoms with Crippen molar-refractivity contribution in [2.75, 3.05) is 17.2 Å². The number of carbonyl (C=O) groups excluding carboxylic acids is 2. The van der Waals surface area contributed by atoms with Gasteiger partial charge in [0, 0.05) is 23.5 Å². The van der Waals surface area contributed by atoms with Gasteiger partial charge in [-0.1, -0.05) is 47.5 Å². The average Bonchev–Trinajstić information content (AvgIpc) is 2.83. The van der Waals surface area contributed by atoms with Gasteiger partial charge in [-0.2, -0.15) is 5.26 Å². The number of nitriles is 1. The molecule has 0 heterocycles. The van der Waals surface area contributed by atoms with Gasteiger partial charge in [-0.15, -0.1) is 0 Å². The van der Waals surface area contributed by atoms with E-state index in [1.54, 1.807) is 18.2 Å². The Kier molecular flexibility index (Phi) is 8.62. The van der Waals surface area contributed by atoms with Gasteiger partial charge in [0.15, 0.2) is 12.4 Å². The predicted molar refractivity (Wildman–Crippen MR) is 137 cm³/mol. The van der Waals surface area contributed by atoms with Crippen LogP contribution in [0.3, 0.4) is 0 Å². The van der Waals surface area contributed by atoms with Gasteiger partial charge in [-0.3, -0.25) is 19.7 Å². The maximum atomic E-state index is 12.5. The van der Waals surface area contributed by atoms with Crippen molar-refractivity contribution in [2.24, 2.45) is 0 Å². The molecular formula is C25H18Cl2N4O5. The van der Waals surface area contributed by atoms with Crippen LogP contribution in [-0.4, -0.2) is 23.3 Å². The molecule has 0 aliphatic heterocycles. The minimum Gasteiger partial charge on any atom is -0.481 e. The maximum Gasteiger partial charge on any atom is 0.271 e. The largest absolute Gasteiger partial charge is 0.481 e. The number of nitro benzene ring substituents is 1. The fraction of sp³-hybridized carbons (Fsp3) is 0.0800. The highest BCUT2D eigenvalue weighted by molar-refractivity contribution is 6.37. The van der Waals surface area contributed by atoms with E-state index in [-0.39, 0.29) is 39.3 Å². The number of para-hydroxylation sites is 1. The van der Waals surface area contributed by atoms with Crippen LogP contribution in [0.1, 0.15) is 11.1 Å². The predicted octanol–water partition coefficient (Wildman–Crippen LogP) is 5.77. The van der Waals surface area contributed by atoms with E-state index in [9.17, 15) is 25.0 Å². The molecule has 0 radical (unpaired) electrons. The average molecular weight is 525 g/mol. The maximum absolute atomic E-state index is 12.5. The lowest BCUT2D eigenvalue weighted by atomic mass is 10.1. The van der Waals surface area contributed by atoms with Crippen molar-refractivity contribution in [3.8, 4) is 11.8 Å². The molecule has 2 N–H and O–H groups in total. The number of benzene rings is 3. The summed E-state index contributed by atoms with van der Waals surface area (Å²) >= 11 is 12.5. The van der Waals surface area contributed by atoms with E-state index >= 15 is 0 Å². The summed E-state index contributed by atoms with van der Waals surface area (Å²) in [6.07, 6.45) is 1.25. The van der Waals surface area contributed by atoms with Crippen molar-refractivity contribution < 1.29 is 19.2 Å². The molecule has 0 saturated heterocycles. The summed E-state index contributed by atoms with van der Waals surface area (Å²) in [7, 11) is 0. The van der Waals surface area contributed by atoms with Crippen molar-refractivity contribution in [1.82, 2.24) is 0 Å². The van der Waals surface area contributed by atoms with E-state index in [1.807, 2.05) is 19.1 Å². The first-order valence-corrected chi connectivity index (χ1v) is 11.1. The Bertz CT molecular complexity index is 1390. The fourth-order valence-electron chi connectivity index (χ4n) is 3.05. The van der Waals surface area contributed by atoms with Gasteiger partial charge in [0.1, 0.15) is 11.6 Å². The molecule has 0 bridgehead atoms. The number of aryl methyl sites for hydroxylation is 1. The van der Waals surface area contributed by atoms with Crippen LogP contribution in [0.25, 0.3) is 6.08 Å². The fourth-order valence-corrected chi connectivity index (χ4v) is 3.66. The van der Waals surface area contributed by atoms with Crippen molar-refractivity contribution in [1.29, 1.82) is 5.26 Å². The number of carbonyl (C=O) groups is 2. The van der Waals surface area contributed by atoms with E-state index in [1.165, 1.54) is 42.5 Å². The minimum atomic E-state index is -0.779. The third-order valence-corrected chi connectivity index (χ3v) is 5.34. The molecule has 0 unspecified atom stereocenters. The van der Waals surface area contributed by atoms with Crippen LogP contribution in [0.15, 0.2) is 66.2 Å². The van der Waals surface area contributed by atoms with Crippen LogP contribution in [0.2, 0.25) is 10.0 Å². The summed E-state index contributed by atoms with van der Waals surface area (Å²) in [6, 6.07) is 17.2. The van der Waals surface area contributed by atoms with Gasteiger partial charge in [-0.05, 0) is 48.4 Å². The number of nitrogens with zero attached hydrogens (tertiary/aromatic N) is 2. The molecule has 9 nitrogen and oxygen atoms in total. The van der Waals surface area contributed by atoms with Crippen molar-refractivity contribution in [2.45, 2.75) is 6.92 Å². The smallest absolute Gasteiger partial charge is 0.271 e. The second kappa shape index (κ2) is 11.8. The molecule has 11 heteroatoms. The van der Waals surface area contributed by atoms with Crippen LogP contribution < -0.4 is 15.4 Å². The molecule has 2 amide bonds. The third-order valence-electron chi connectivity index (χ3n) is 4.78. The van der Waals surface area contributed by atoms with Gasteiger partial charge in [0.25, 0.3) is 17.5 Å². The Labute approximate surface area is 216 Å². The zero-order valence-corrected chi connectivity index (χ0v) is 20.3. The van der Waals surface area contributed by atoms with E-state index in [4.69, 9.17) is 27.9 Å². The molecule has 0 aliphatic carbocycles. The topological polar surface area (TPSA) is 134 Å². The second-order valence-corrected chi connectivity index (χ2v) is 8.21. The standard InChI is InChI=1S/C25H18Cl2N4O5/c1-15-5-2-3-8-22(15)30-23(32)14-36-24-20(26)10-16(11-21(24)27)9-17(13-28)25(33)29-18-6-4-7-19(12-18)31(34)35/h2-12H,14H2,1H3,(H,29,33)(H,30,32)/b17-9-. The number of hydrogen-bond donors (Lipinski definition) is 2. The zero-order valence-electron chi connectivity index (χ0n) is 18.7. The number of non-ortho nitro benzene ring substituents is 1. The zero-order chi connectivity index (χ0) is 26.2. The first kappa shape index (κ1) is 26.2. The number of halogens is 2. The normalized spacial score (nSPS) is 10.8. The monoisotopic (exact) mass is 524 g/mol. The van der Waals surface area contributed by atoms with Crippen molar-refractivity contribution in [3.63, 3.8) is 0 Å². The summed E-state index contributed by atoms with van der Waals surface area (Å²) in [5, 5.41) is 25.6. The Morgan fingerprint density at radius 1 is 1.08 bits per heavy atom. The Morgan fingerprint density at radius 3 is 2.42 bits per heavy atom. The van der Waals surface area contributed by atoms with Crippen molar-refractivity contribution in [3.05, 3.63) is 97.5 Å². The number of anilines is 2. The number of amides is 2. The van der Waals surface area contributed by atoms with Gasteiger partial charge in [-0.25, -0.2) is 0 Å². The molecule has 0 saturated carbocycles. The van der Waals surface area contributed by atoms with Gasteiger partial charge in [0.05, 0.1) is 15.0 Å². The SMILES string of the molecule is Cc1ccccc1NC(=O)COc1c(Cl)cc(/C=C(/C#N)C(=O)Nc2cccc([N+](=O)[O-])c2)cc1Cl. The molecule has 0 fully saturated rings. The summed E-state index contributed by atoms with van der Waals surface area (Å²) in [5.41, 5.74) is 1.51. The lowest BCUT2D eigenvalue weighted by Crippen LogP contribution is -2.20. The molecule has 0 aliphatic rings. The minimum absolute atomic E-state index is 0.0637. The first-order valence-electron chi connectivity index (χ1n) is 10.3. The third kappa shape index (κ3) is 6.82. The molecule has 0 atom stereocenters. The van der Waals surface area contributed by atoms with Crippen LogP contribution in [0.5, 0.6) is 5.75 Å². The lowest BCUT2D eigenvalue weighted by Gasteiger charge is -2.12. The summed E-state index contributed by atoms with van der Waals surface area (Å²) in [4.78, 5) is 35.1. The summed E-state index contributed by atoms with van der Waals surface area (Å²) in [6.45, 7) is 1.51. The number of rotatable bonds is 8. The molecular weight excluding hydrogens is 507 g/mol. The molecule has 3 rings (SSSR count).